The fourth-order valence-electron chi connectivity index (χ4n) is 3.62. The maximum atomic E-state index is 13.0. The first-order valence-corrected chi connectivity index (χ1v) is 8.85. The van der Waals surface area contributed by atoms with Crippen molar-refractivity contribution in [3.05, 3.63) is 48.2 Å². The Morgan fingerprint density at radius 2 is 2.04 bits per heavy atom. The van der Waals surface area contributed by atoms with Gasteiger partial charge in [-0.15, -0.1) is 6.61 Å². The topological polar surface area (TPSA) is 61.1 Å². The number of hydrogen-bond acceptors (Lipinski definition) is 4. The van der Waals surface area contributed by atoms with Crippen LogP contribution in [-0.4, -0.2) is 17.6 Å². The lowest BCUT2D eigenvalue weighted by atomic mass is 10.1. The highest BCUT2D eigenvalue weighted by molar-refractivity contribution is 5.89. The van der Waals surface area contributed by atoms with Crippen LogP contribution in [0.4, 0.5) is 18.9 Å². The first kappa shape index (κ1) is 17.9. The zero-order valence-corrected chi connectivity index (χ0v) is 14.4. The van der Waals surface area contributed by atoms with Crippen molar-refractivity contribution in [3.63, 3.8) is 0 Å². The Morgan fingerprint density at radius 3 is 2.78 bits per heavy atom. The number of nitrogens with one attached hydrogen (secondary N) is 1. The summed E-state index contributed by atoms with van der Waals surface area (Å²) in [5.74, 6) is 0.527. The van der Waals surface area contributed by atoms with Crippen LogP contribution in [-0.2, 0) is 6.18 Å². The summed E-state index contributed by atoms with van der Waals surface area (Å²) in [5, 5.41) is 14.5. The second-order valence-electron chi connectivity index (χ2n) is 6.95. The van der Waals surface area contributed by atoms with Crippen LogP contribution in [0.3, 0.4) is 0 Å². The van der Waals surface area contributed by atoms with Gasteiger partial charge in [0.2, 0.25) is 0 Å². The molecule has 7 heteroatoms. The molecular weight excluding hydrogens is 357 g/mol. The molecule has 0 aliphatic heterocycles. The quantitative estimate of drug-likeness (QED) is 0.732. The molecule has 2 aromatic heterocycles. The first-order chi connectivity index (χ1) is 12.9. The predicted octanol–water partition coefficient (Wildman–Crippen LogP) is 4.45. The number of benzene rings is 1. The molecule has 0 radical (unpaired) electrons. The molecule has 1 aliphatic carbocycles. The van der Waals surface area contributed by atoms with Gasteiger partial charge in [0.15, 0.2) is 5.58 Å². The zero-order chi connectivity index (χ0) is 19.0. The Labute approximate surface area is 154 Å². The van der Waals surface area contributed by atoms with E-state index in [1.54, 1.807) is 24.4 Å². The minimum atomic E-state index is -4.41. The van der Waals surface area contributed by atoms with E-state index in [0.717, 1.165) is 37.1 Å². The van der Waals surface area contributed by atoms with Crippen molar-refractivity contribution in [2.45, 2.75) is 31.5 Å². The van der Waals surface area contributed by atoms with E-state index < -0.39 is 11.7 Å². The molecule has 0 amide bonds. The Hall–Kier alpha value is -2.54. The summed E-state index contributed by atoms with van der Waals surface area (Å²) in [6.07, 6.45) is -0.140. The average molecular weight is 375 g/mol. The molecule has 142 valence electrons. The lowest BCUT2D eigenvalue weighted by Crippen LogP contribution is -2.19. The molecule has 1 aromatic carbocycles. The van der Waals surface area contributed by atoms with E-state index in [1.165, 1.54) is 6.07 Å². The van der Waals surface area contributed by atoms with E-state index in [0.29, 0.717) is 22.4 Å². The highest BCUT2D eigenvalue weighted by atomic mass is 19.4. The van der Waals surface area contributed by atoms with Gasteiger partial charge < -0.3 is 14.8 Å². The SMILES string of the molecule is [O-]C[C@@H]1CC[C@H](Nc2ccnc3cc(-c4cccc(C(F)(F)F)c4)oc23)C1. The third kappa shape index (κ3) is 3.64. The van der Waals surface area contributed by atoms with Crippen LogP contribution < -0.4 is 10.4 Å². The van der Waals surface area contributed by atoms with Crippen LogP contribution in [0.25, 0.3) is 22.4 Å². The van der Waals surface area contributed by atoms with E-state index in [-0.39, 0.29) is 18.6 Å². The van der Waals surface area contributed by atoms with Gasteiger partial charge in [0, 0.05) is 23.9 Å². The maximum absolute atomic E-state index is 13.0. The standard InChI is InChI=1S/C20H18F3N2O2/c21-20(22,23)14-3-1-2-13(9-14)18-10-17-19(27-18)16(6-7-24-17)25-15-5-4-12(8-15)11-26/h1-3,6-7,9-10,12,15H,4-5,8,11H2,(H,24,25)/q-1/t12-,15+/m1/s1. The number of alkyl halides is 3. The number of furan rings is 1. The van der Waals surface area contributed by atoms with Crippen LogP contribution in [0.5, 0.6) is 0 Å². The molecule has 27 heavy (non-hydrogen) atoms. The molecule has 4 rings (SSSR count). The fraction of sp³-hybridized carbons (Fsp3) is 0.350. The number of aromatic nitrogens is 1. The maximum Gasteiger partial charge on any atom is 0.416 e. The van der Waals surface area contributed by atoms with Gasteiger partial charge in [-0.25, -0.2) is 0 Å². The molecule has 1 saturated carbocycles. The van der Waals surface area contributed by atoms with Crippen molar-refractivity contribution in [2.75, 3.05) is 11.9 Å². The van der Waals surface area contributed by atoms with Gasteiger partial charge in [0.1, 0.15) is 11.3 Å². The zero-order valence-electron chi connectivity index (χ0n) is 14.4. The van der Waals surface area contributed by atoms with Crippen molar-refractivity contribution in [3.8, 4) is 11.3 Å². The summed E-state index contributed by atoms with van der Waals surface area (Å²) in [5.41, 5.74) is 1.46. The van der Waals surface area contributed by atoms with Crippen molar-refractivity contribution in [1.29, 1.82) is 0 Å². The highest BCUT2D eigenvalue weighted by Gasteiger charge is 2.30. The predicted molar refractivity (Wildman–Crippen MR) is 94.1 cm³/mol. The monoisotopic (exact) mass is 375 g/mol. The van der Waals surface area contributed by atoms with Crippen molar-refractivity contribution >= 4 is 16.8 Å². The van der Waals surface area contributed by atoms with Gasteiger partial charge in [-0.2, -0.15) is 13.2 Å². The average Bonchev–Trinajstić information content (AvgIpc) is 3.28. The summed E-state index contributed by atoms with van der Waals surface area (Å²) in [6.45, 7) is -0.0651. The molecule has 2 atom stereocenters. The van der Waals surface area contributed by atoms with Gasteiger partial charge in [0.05, 0.1) is 11.3 Å². The third-order valence-electron chi connectivity index (χ3n) is 5.02. The molecule has 4 nitrogen and oxygen atoms in total. The molecule has 1 N–H and O–H groups in total. The van der Waals surface area contributed by atoms with Crippen LogP contribution in [0.1, 0.15) is 24.8 Å². The summed E-state index contributed by atoms with van der Waals surface area (Å²) < 4.78 is 44.8. The van der Waals surface area contributed by atoms with Gasteiger partial charge in [-0.1, -0.05) is 18.1 Å². The van der Waals surface area contributed by atoms with Gasteiger partial charge >= 0.3 is 6.18 Å². The highest BCUT2D eigenvalue weighted by Crippen LogP contribution is 2.36. The molecule has 0 spiro atoms. The van der Waals surface area contributed by atoms with E-state index in [4.69, 9.17) is 4.42 Å². The van der Waals surface area contributed by atoms with E-state index in [2.05, 4.69) is 10.3 Å². The lowest BCUT2D eigenvalue weighted by Gasteiger charge is -2.16. The number of anilines is 1. The van der Waals surface area contributed by atoms with Crippen LogP contribution in [0.15, 0.2) is 47.0 Å². The Morgan fingerprint density at radius 1 is 1.19 bits per heavy atom. The van der Waals surface area contributed by atoms with Crippen molar-refractivity contribution in [2.24, 2.45) is 5.92 Å². The normalized spacial score (nSPS) is 20.3. The molecule has 0 unspecified atom stereocenters. The van der Waals surface area contributed by atoms with Crippen molar-refractivity contribution in [1.82, 2.24) is 4.98 Å². The Balaban J connectivity index is 1.65. The minimum Gasteiger partial charge on any atom is -0.854 e. The minimum absolute atomic E-state index is 0.0651. The summed E-state index contributed by atoms with van der Waals surface area (Å²) in [7, 11) is 0. The van der Waals surface area contributed by atoms with E-state index in [1.807, 2.05) is 0 Å². The third-order valence-corrected chi connectivity index (χ3v) is 5.02. The number of halogens is 3. The fourth-order valence-corrected chi connectivity index (χ4v) is 3.62. The molecule has 3 aromatic rings. The summed E-state index contributed by atoms with van der Waals surface area (Å²) in [6, 6.07) is 8.66. The van der Waals surface area contributed by atoms with Crippen LogP contribution in [0.2, 0.25) is 0 Å². The molecular formula is C20H18F3N2O2-. The first-order valence-electron chi connectivity index (χ1n) is 8.85. The molecule has 0 saturated heterocycles. The number of hydrogen-bond donors (Lipinski definition) is 1. The molecule has 1 aliphatic rings. The summed E-state index contributed by atoms with van der Waals surface area (Å²) >= 11 is 0. The van der Waals surface area contributed by atoms with E-state index >= 15 is 0 Å². The molecule has 1 fully saturated rings. The van der Waals surface area contributed by atoms with Crippen LogP contribution >= 0.6 is 0 Å². The number of fused-ring (bicyclic) bond motifs is 1. The number of rotatable bonds is 4. The lowest BCUT2D eigenvalue weighted by molar-refractivity contribution is -0.378. The van der Waals surface area contributed by atoms with Gasteiger partial charge in [-0.3, -0.25) is 4.98 Å². The van der Waals surface area contributed by atoms with Crippen LogP contribution in [0, 0.1) is 5.92 Å². The Kier molecular flexibility index (Phi) is 4.55. The second-order valence-corrected chi connectivity index (χ2v) is 6.95. The van der Waals surface area contributed by atoms with E-state index in [9.17, 15) is 18.3 Å². The second kappa shape index (κ2) is 6.88. The summed E-state index contributed by atoms with van der Waals surface area (Å²) in [4.78, 5) is 4.26. The molecule has 2 heterocycles. The molecule has 0 bridgehead atoms. The van der Waals surface area contributed by atoms with Gasteiger partial charge in [-0.05, 0) is 37.5 Å². The number of nitrogens with zero attached hydrogens (tertiary/aromatic N) is 1. The number of pyridine rings is 1. The Bertz CT molecular complexity index is 952. The van der Waals surface area contributed by atoms with Gasteiger partial charge in [0.25, 0.3) is 0 Å². The smallest absolute Gasteiger partial charge is 0.416 e. The largest absolute Gasteiger partial charge is 0.854 e. The van der Waals surface area contributed by atoms with Crippen molar-refractivity contribution < 1.29 is 22.7 Å².